The number of ether oxygens (including phenoxy) is 6. The number of carbonyl (C=O) groups is 10. The Kier molecular flexibility index (Phi) is 24.3. The molecule has 33 unspecified atom stereocenters. The highest BCUT2D eigenvalue weighted by atomic mass is 35.5. The van der Waals surface area contributed by atoms with Gasteiger partial charge in [0, 0.05) is 73.9 Å². The molecule has 126 heavy (non-hydrogen) atoms. The summed E-state index contributed by atoms with van der Waals surface area (Å²) in [5.74, 6) is -5.63. The van der Waals surface area contributed by atoms with Gasteiger partial charge in [-0.1, -0.05) is 137 Å². The first-order chi connectivity index (χ1) is 58.9. The topological polar surface area (TPSA) is 388 Å². The molecule has 2 aliphatic heterocycles. The van der Waals surface area contributed by atoms with Crippen LogP contribution in [0.25, 0.3) is 0 Å². The number of hydrogen-bond donors (Lipinski definition) is 8. The first-order valence-corrected chi connectivity index (χ1v) is 46.9. The highest BCUT2D eigenvalue weighted by molar-refractivity contribution is 6.27. The number of carbonyl (C=O) groups excluding carboxylic acids is 10. The molecule has 24 nitrogen and oxygen atoms in total. The van der Waals surface area contributed by atoms with Crippen molar-refractivity contribution in [2.75, 3.05) is 26.4 Å². The van der Waals surface area contributed by atoms with E-state index >= 15 is 4.39 Å². The lowest BCUT2D eigenvalue weighted by atomic mass is 9.45. The third-order valence-corrected chi connectivity index (χ3v) is 38.9. The maximum Gasteiger partial charge on any atom is 0.306 e. The minimum atomic E-state index is -1.68. The van der Waals surface area contributed by atoms with Crippen LogP contribution in [0.4, 0.5) is 4.39 Å². The van der Waals surface area contributed by atoms with Gasteiger partial charge in [-0.15, -0.1) is 23.2 Å². The van der Waals surface area contributed by atoms with Crippen molar-refractivity contribution >= 4 is 81.4 Å². The average Bonchev–Trinajstić information content (AvgIpc) is 1.44. The predicted molar refractivity (Wildman–Crippen MR) is 459 cm³/mol. The molecular weight excluding hydrogens is 1660 g/mol. The molecule has 12 saturated carbocycles. The van der Waals surface area contributed by atoms with Gasteiger partial charge in [-0.25, -0.2) is 4.39 Å². The van der Waals surface area contributed by atoms with Crippen molar-refractivity contribution < 1.29 is 122 Å². The van der Waals surface area contributed by atoms with Gasteiger partial charge >= 0.3 is 11.9 Å². The summed E-state index contributed by atoms with van der Waals surface area (Å²) in [5.41, 5.74) is -8.06. The van der Waals surface area contributed by atoms with Gasteiger partial charge in [0.25, 0.3) is 0 Å². The maximum absolute atomic E-state index is 15.4. The highest BCUT2D eigenvalue weighted by Crippen LogP contribution is 2.77. The molecular formula is C99H131Cl2FO24. The largest absolute Gasteiger partial charge is 0.457 e. The Hall–Kier alpha value is -5.75. The summed E-state index contributed by atoms with van der Waals surface area (Å²) in [6.07, 6.45) is 23.6. The summed E-state index contributed by atoms with van der Waals surface area (Å²) in [6.45, 7) is 25.9. The Morgan fingerprint density at radius 3 is 1.52 bits per heavy atom. The molecule has 0 amide bonds. The first kappa shape index (κ1) is 94.9. The number of aliphatic hydroxyl groups is 8. The number of rotatable bonds is 14. The number of alkyl halides is 3. The van der Waals surface area contributed by atoms with Crippen LogP contribution in [0.1, 0.15) is 226 Å². The third-order valence-electron chi connectivity index (χ3n) is 37.0. The van der Waals surface area contributed by atoms with Crippen molar-refractivity contribution in [1.82, 2.24) is 0 Å². The van der Waals surface area contributed by atoms with Crippen LogP contribution < -0.4 is 0 Å². The Labute approximate surface area is 747 Å². The van der Waals surface area contributed by atoms with E-state index in [1.807, 2.05) is 73.6 Å². The molecule has 34 atom stereocenters. The van der Waals surface area contributed by atoms with E-state index < -0.39 is 181 Å². The van der Waals surface area contributed by atoms with E-state index in [9.17, 15) is 88.8 Å². The molecule has 18 rings (SSSR count). The minimum Gasteiger partial charge on any atom is -0.457 e. The monoisotopic (exact) mass is 1790 g/mol. The molecule has 0 spiro atoms. The van der Waals surface area contributed by atoms with Gasteiger partial charge in [0.1, 0.15) is 31.6 Å². The molecule has 14 fully saturated rings. The van der Waals surface area contributed by atoms with E-state index in [1.54, 1.807) is 58.1 Å². The second kappa shape index (κ2) is 32.3. The molecule has 8 N–H and O–H groups in total. The van der Waals surface area contributed by atoms with Crippen molar-refractivity contribution in [3.63, 3.8) is 0 Å². The van der Waals surface area contributed by atoms with E-state index in [0.717, 1.165) is 36.0 Å². The molecule has 2 saturated heterocycles. The van der Waals surface area contributed by atoms with Gasteiger partial charge < -0.3 is 69.3 Å². The number of esters is 2. The average molecular weight is 1800 g/mol. The molecule has 18 aliphatic rings. The third kappa shape index (κ3) is 13.0. The van der Waals surface area contributed by atoms with E-state index in [0.29, 0.717) is 69.8 Å². The van der Waals surface area contributed by atoms with Gasteiger partial charge in [0.05, 0.1) is 46.4 Å². The number of ketones is 8. The fourth-order valence-electron chi connectivity index (χ4n) is 31.4. The van der Waals surface area contributed by atoms with Crippen LogP contribution in [0.15, 0.2) is 95.2 Å². The first-order valence-electron chi connectivity index (χ1n) is 46.2. The van der Waals surface area contributed by atoms with Crippen molar-refractivity contribution in [3.05, 3.63) is 95.2 Å². The van der Waals surface area contributed by atoms with Crippen LogP contribution in [0.3, 0.4) is 0 Å². The van der Waals surface area contributed by atoms with Crippen LogP contribution in [-0.2, 0) is 76.4 Å². The molecule has 16 aliphatic carbocycles. The maximum atomic E-state index is 15.4. The lowest BCUT2D eigenvalue weighted by molar-refractivity contribution is -0.226. The number of fused-ring (bicyclic) bond motifs is 24. The smallest absolute Gasteiger partial charge is 0.306 e. The second-order valence-corrected chi connectivity index (χ2v) is 44.1. The number of allylic oxidation sites excluding steroid dienone is 16. The normalized spacial score (nSPS) is 49.2. The second-order valence-electron chi connectivity index (χ2n) is 42.8. The Balaban J connectivity index is 0.000000130. The summed E-state index contributed by atoms with van der Waals surface area (Å²) < 4.78 is 51.8. The summed E-state index contributed by atoms with van der Waals surface area (Å²) >= 11 is 14.8. The standard InChI is InChI=1S/C28H37ClO7.C25H34O6.C24H31FO6.C22H29ClO5/c1-6-23(33)35-15-22(32)28(36-24(34)7-2)16(3)12-20-19-9-8-17-13-18(30)10-11-25(17,4)27(19,29)21(31)14-26(20,28)5;1-4-5-21-30-20-11-17-16-7-6-14-10-15(27)8-9-23(14,2)22(16)18(28)12-24(17,3)25(20,31-21)19(29)13-26;1-21(2)30-19-9-14-13-8-16(25)15-7-12(27)5-6-22(15,3)20(13)17(28)10-23(14,4)24(19,31-21)18(29)11-26;1-12-8-16-15-5-4-13-9-14(25)6-7-19(13,2)21(15,23)17(26)10-20(16,3)22(12,28)18(27)11-24/h10-11,13,16,19-21,31H,6-9,12,14-15H2,1-5H3;8-10,16-18,20-22,26,28H,4-7,11-13H2,1-3H3;5-7,13-14,16-17,19-20,26,28H,8-11H2,1-4H3;6-7,9,12,15-17,24,26,28H,4-5,8,10-11H2,1-3H3/t;;;12-,15?,16?,17?,19?,20?,21?,22?/m...0/s1. The van der Waals surface area contributed by atoms with Gasteiger partial charge in [-0.3, -0.25) is 47.9 Å². The van der Waals surface area contributed by atoms with E-state index in [1.165, 1.54) is 24.3 Å². The zero-order chi connectivity index (χ0) is 92.1. The molecule has 0 radical (unpaired) electrons. The van der Waals surface area contributed by atoms with Crippen LogP contribution in [-0.4, -0.2) is 213 Å². The number of Topliss-reactive ketones (excluding diaryl/α,β-unsaturated/α-hetero) is 4. The van der Waals surface area contributed by atoms with E-state index in [-0.39, 0.29) is 144 Å². The SMILES string of the molecule is CC1(C)OC2CC3C4CC(F)C5=CC(=O)C=CC5(C)C4C(O)CC3(C)C2(C(=O)CO)O1.CCC(=O)OCC(=O)C1(OC(=O)CC)C(C)CC2C3CCC4=CC(=O)C=CC4(C)C3(Cl)C(O)CC21C.CCCC1OC2CC3C4CCC5=CC(=O)C=CC5(C)C4C(O)CC3(C)C2(C(=O)CO)O1.C[C@H]1CC2C3CCC4=CC(=O)C=CC4(C)C3(Cl)C(O)CC2(C)C1(O)C(=O)CO. The predicted octanol–water partition coefficient (Wildman–Crippen LogP) is 11.2. The lowest BCUT2D eigenvalue weighted by Crippen LogP contribution is -2.69. The van der Waals surface area contributed by atoms with Crippen LogP contribution in [0, 0.1) is 114 Å². The number of halogens is 3. The van der Waals surface area contributed by atoms with Crippen LogP contribution in [0.5, 0.6) is 0 Å². The van der Waals surface area contributed by atoms with Crippen molar-refractivity contribution in [2.24, 2.45) is 114 Å². The quantitative estimate of drug-likeness (QED) is 0.0591. The Bertz CT molecular complexity index is 4790. The van der Waals surface area contributed by atoms with Crippen molar-refractivity contribution in [1.29, 1.82) is 0 Å². The Morgan fingerprint density at radius 1 is 0.500 bits per heavy atom. The van der Waals surface area contributed by atoms with Gasteiger partial charge in [-0.2, -0.15) is 0 Å². The van der Waals surface area contributed by atoms with Crippen molar-refractivity contribution in [3.8, 4) is 0 Å². The van der Waals surface area contributed by atoms with Gasteiger partial charge in [-0.05, 0) is 224 Å². The van der Waals surface area contributed by atoms with E-state index in [4.69, 9.17) is 51.6 Å². The molecule has 2 heterocycles. The molecule has 27 heteroatoms. The summed E-state index contributed by atoms with van der Waals surface area (Å²) in [7, 11) is 0. The van der Waals surface area contributed by atoms with Crippen LogP contribution in [0.2, 0.25) is 0 Å². The number of aliphatic hydroxyl groups excluding tert-OH is 7. The van der Waals surface area contributed by atoms with Crippen molar-refractivity contribution in [2.45, 2.75) is 313 Å². The summed E-state index contributed by atoms with van der Waals surface area (Å²) in [6, 6.07) is 0. The molecule has 0 bridgehead atoms. The highest BCUT2D eigenvalue weighted by Gasteiger charge is 2.82. The zero-order valence-electron chi connectivity index (χ0n) is 75.5. The lowest BCUT2D eigenvalue weighted by Gasteiger charge is -2.64. The summed E-state index contributed by atoms with van der Waals surface area (Å²) in [4.78, 5) is 123. The van der Waals surface area contributed by atoms with E-state index in [2.05, 4.69) is 20.8 Å². The minimum absolute atomic E-state index is 0.0125. The fourth-order valence-corrected chi connectivity index (χ4v) is 32.5. The molecule has 0 aromatic rings. The Morgan fingerprint density at radius 2 is 0.968 bits per heavy atom. The molecule has 692 valence electrons. The summed E-state index contributed by atoms with van der Waals surface area (Å²) in [5, 5.41) is 86.8. The van der Waals surface area contributed by atoms with Gasteiger partial charge in [0.2, 0.25) is 5.78 Å². The molecule has 0 aromatic carbocycles. The number of hydrogen-bond acceptors (Lipinski definition) is 24. The zero-order valence-corrected chi connectivity index (χ0v) is 77.0. The fraction of sp³-hybridized carbons (Fsp3) is 0.737. The van der Waals surface area contributed by atoms with Crippen LogP contribution >= 0.6 is 23.2 Å². The molecule has 0 aromatic heterocycles. The van der Waals surface area contributed by atoms with Gasteiger partial charge in [0.15, 0.2) is 76.0 Å².